The zero-order chi connectivity index (χ0) is 27.6. The maximum absolute atomic E-state index is 14.2. The number of halogens is 2. The molecule has 1 N–H and O–H groups in total. The van der Waals surface area contributed by atoms with Gasteiger partial charge in [-0.05, 0) is 55.2 Å². The van der Waals surface area contributed by atoms with Crippen LogP contribution in [0.3, 0.4) is 0 Å². The van der Waals surface area contributed by atoms with Crippen LogP contribution < -0.4 is 4.74 Å². The summed E-state index contributed by atoms with van der Waals surface area (Å²) in [5.41, 5.74) is 2.41. The van der Waals surface area contributed by atoms with Crippen molar-refractivity contribution < 1.29 is 23.8 Å². The minimum Gasteiger partial charge on any atom is -0.477 e. The van der Waals surface area contributed by atoms with Crippen LogP contribution in [0.5, 0.6) is 6.01 Å². The van der Waals surface area contributed by atoms with Crippen LogP contribution >= 0.6 is 11.6 Å². The van der Waals surface area contributed by atoms with E-state index in [0.717, 1.165) is 44.8 Å². The molecule has 3 aromatic heterocycles. The highest BCUT2D eigenvalue weighted by Gasteiger charge is 2.26. The van der Waals surface area contributed by atoms with Gasteiger partial charge in [0.2, 0.25) is 0 Å². The molecule has 4 aromatic rings. The van der Waals surface area contributed by atoms with Crippen LogP contribution in [0.2, 0.25) is 5.02 Å². The number of carbonyl (C=O) groups is 1. The number of carboxylic acid groups (broad SMARTS) is 1. The van der Waals surface area contributed by atoms with E-state index < -0.39 is 5.97 Å². The molecule has 12 heteroatoms. The Balaban J connectivity index is 1.09. The van der Waals surface area contributed by atoms with E-state index in [9.17, 15) is 14.3 Å². The van der Waals surface area contributed by atoms with Crippen LogP contribution in [0.1, 0.15) is 46.8 Å². The molecule has 0 amide bonds. The molecule has 0 saturated carbocycles. The third-order valence-corrected chi connectivity index (χ3v) is 7.55. The van der Waals surface area contributed by atoms with E-state index in [1.165, 1.54) is 12.1 Å². The quantitative estimate of drug-likeness (QED) is 0.319. The number of nitrogens with zero attached hydrogens (tertiary/aromatic N) is 6. The second-order valence-electron chi connectivity index (χ2n) is 10.1. The van der Waals surface area contributed by atoms with E-state index in [0.29, 0.717) is 47.0 Å². The number of ether oxygens (including phenoxy) is 2. The van der Waals surface area contributed by atoms with Crippen molar-refractivity contribution in [2.24, 2.45) is 0 Å². The highest BCUT2D eigenvalue weighted by molar-refractivity contribution is 6.30. The van der Waals surface area contributed by atoms with Crippen molar-refractivity contribution in [3.8, 4) is 6.01 Å². The van der Waals surface area contributed by atoms with Crippen LogP contribution in [0, 0.1) is 5.82 Å². The van der Waals surface area contributed by atoms with Gasteiger partial charge in [-0.2, -0.15) is 4.98 Å². The molecule has 1 atom stereocenters. The van der Waals surface area contributed by atoms with Crippen LogP contribution in [-0.2, 0) is 24.2 Å². The molecule has 0 aliphatic carbocycles. The monoisotopic (exact) mass is 566 g/mol. The van der Waals surface area contributed by atoms with Gasteiger partial charge < -0.3 is 19.1 Å². The van der Waals surface area contributed by atoms with E-state index in [-0.39, 0.29) is 29.7 Å². The first kappa shape index (κ1) is 26.5. The van der Waals surface area contributed by atoms with Crippen molar-refractivity contribution in [2.75, 3.05) is 19.7 Å². The highest BCUT2D eigenvalue weighted by atomic mass is 35.5. The number of piperidine rings is 1. The zero-order valence-electron chi connectivity index (χ0n) is 21.7. The molecular formula is C28H28ClFN6O4. The molecule has 0 spiro atoms. The number of aromatic nitrogens is 5. The third kappa shape index (κ3) is 5.91. The maximum Gasteiger partial charge on any atom is 0.354 e. The molecule has 0 radical (unpaired) electrons. The van der Waals surface area contributed by atoms with Crippen LogP contribution in [0.4, 0.5) is 4.39 Å². The molecule has 2 fully saturated rings. The molecule has 1 aromatic carbocycles. The average molecular weight is 567 g/mol. The lowest BCUT2D eigenvalue weighted by Gasteiger charge is -2.32. The Hall–Kier alpha value is -3.67. The molecule has 5 heterocycles. The largest absolute Gasteiger partial charge is 0.477 e. The fraction of sp³-hybridized carbons (Fsp3) is 0.393. The Bertz CT molecular complexity index is 1540. The summed E-state index contributed by atoms with van der Waals surface area (Å²) in [6.07, 6.45) is 4.51. The van der Waals surface area contributed by atoms with Gasteiger partial charge in [0.25, 0.3) is 0 Å². The van der Waals surface area contributed by atoms with Crippen LogP contribution in [-0.4, -0.2) is 72.4 Å². The van der Waals surface area contributed by atoms with Crippen molar-refractivity contribution in [3.05, 3.63) is 76.2 Å². The Labute approximate surface area is 234 Å². The summed E-state index contributed by atoms with van der Waals surface area (Å²) < 4.78 is 28.0. The van der Waals surface area contributed by atoms with Gasteiger partial charge in [0, 0.05) is 37.3 Å². The smallest absolute Gasteiger partial charge is 0.354 e. The van der Waals surface area contributed by atoms with E-state index in [1.807, 2.05) is 4.57 Å². The molecule has 0 bridgehead atoms. The summed E-state index contributed by atoms with van der Waals surface area (Å²) in [6, 6.07) is 9.84. The van der Waals surface area contributed by atoms with Crippen LogP contribution in [0.15, 0.2) is 42.6 Å². The number of likely N-dealkylation sites (tertiary alicyclic amines) is 1. The van der Waals surface area contributed by atoms with Crippen molar-refractivity contribution in [3.63, 3.8) is 0 Å². The normalized spacial score (nSPS) is 18.1. The zero-order valence-corrected chi connectivity index (χ0v) is 22.4. The summed E-state index contributed by atoms with van der Waals surface area (Å²) in [7, 11) is 0. The van der Waals surface area contributed by atoms with Crippen molar-refractivity contribution >= 4 is 28.7 Å². The minimum absolute atomic E-state index is 0.00252. The van der Waals surface area contributed by atoms with Gasteiger partial charge in [0.05, 0.1) is 24.9 Å². The SMILES string of the molecule is O=C(O)c1ccc2nc(CN3CCC(Oc4nccc(Cc5ccc(Cl)cc5F)n4)CC3)n(CC3CCO3)c2n1. The fourth-order valence-corrected chi connectivity index (χ4v) is 5.20. The molecule has 40 heavy (non-hydrogen) atoms. The van der Waals surface area contributed by atoms with E-state index in [2.05, 4.69) is 19.9 Å². The number of rotatable bonds is 9. The molecule has 2 aliphatic rings. The lowest BCUT2D eigenvalue weighted by molar-refractivity contribution is -0.0593. The summed E-state index contributed by atoms with van der Waals surface area (Å²) in [5, 5.41) is 9.76. The Morgan fingerprint density at radius 2 is 1.95 bits per heavy atom. The number of hydrogen-bond acceptors (Lipinski definition) is 8. The molecule has 6 rings (SSSR count). The van der Waals surface area contributed by atoms with Gasteiger partial charge in [-0.1, -0.05) is 17.7 Å². The summed E-state index contributed by atoms with van der Waals surface area (Å²) in [5.74, 6) is -0.594. The number of benzene rings is 1. The topological polar surface area (TPSA) is 115 Å². The second-order valence-corrected chi connectivity index (χ2v) is 10.5. The first-order valence-electron chi connectivity index (χ1n) is 13.3. The van der Waals surface area contributed by atoms with Crippen LogP contribution in [0.25, 0.3) is 11.2 Å². The molecule has 2 saturated heterocycles. The van der Waals surface area contributed by atoms with Gasteiger partial charge >= 0.3 is 12.0 Å². The van der Waals surface area contributed by atoms with Crippen molar-refractivity contribution in [1.29, 1.82) is 0 Å². The van der Waals surface area contributed by atoms with Gasteiger partial charge in [-0.25, -0.2) is 24.1 Å². The highest BCUT2D eigenvalue weighted by Crippen LogP contribution is 2.24. The first-order valence-corrected chi connectivity index (χ1v) is 13.6. The molecule has 1 unspecified atom stereocenters. The predicted molar refractivity (Wildman–Crippen MR) is 144 cm³/mol. The van der Waals surface area contributed by atoms with Gasteiger partial charge in [0.15, 0.2) is 11.3 Å². The summed E-state index contributed by atoms with van der Waals surface area (Å²) >= 11 is 5.86. The summed E-state index contributed by atoms with van der Waals surface area (Å²) in [4.78, 5) is 31.7. The number of hydrogen-bond donors (Lipinski definition) is 1. The number of fused-ring (bicyclic) bond motifs is 1. The predicted octanol–water partition coefficient (Wildman–Crippen LogP) is 4.14. The van der Waals surface area contributed by atoms with Gasteiger partial charge in [-0.3, -0.25) is 4.90 Å². The van der Waals surface area contributed by atoms with Crippen molar-refractivity contribution in [1.82, 2.24) is 29.4 Å². The average Bonchev–Trinajstić information content (AvgIpc) is 3.25. The van der Waals surface area contributed by atoms with Gasteiger partial charge in [0.1, 0.15) is 23.3 Å². The van der Waals surface area contributed by atoms with E-state index >= 15 is 0 Å². The third-order valence-electron chi connectivity index (χ3n) is 7.32. The maximum atomic E-state index is 14.2. The van der Waals surface area contributed by atoms with E-state index in [1.54, 1.807) is 30.5 Å². The van der Waals surface area contributed by atoms with E-state index in [4.69, 9.17) is 26.1 Å². The molecule has 208 valence electrons. The Kier molecular flexibility index (Phi) is 7.59. The van der Waals surface area contributed by atoms with Crippen molar-refractivity contribution in [2.45, 2.75) is 51.0 Å². The number of imidazole rings is 1. The lowest BCUT2D eigenvalue weighted by atomic mass is 10.1. The lowest BCUT2D eigenvalue weighted by Crippen LogP contribution is -2.39. The Morgan fingerprint density at radius 1 is 1.12 bits per heavy atom. The molecular weight excluding hydrogens is 539 g/mol. The second kappa shape index (κ2) is 11.4. The standard InChI is InChI=1S/C28H28ClFN6O4/c29-18-2-1-17(22(30)14-18)13-19-5-9-31-28(32-19)40-20-6-10-35(11-7-20)16-25-33-23-3-4-24(27(37)38)34-26(23)36(25)15-21-8-12-39-21/h1-5,9,14,20-21H,6-8,10-13,15-16H2,(H,37,38). The number of pyridine rings is 1. The van der Waals surface area contributed by atoms with Gasteiger partial charge in [-0.15, -0.1) is 0 Å². The first-order chi connectivity index (χ1) is 19.4. The summed E-state index contributed by atoms with van der Waals surface area (Å²) in [6.45, 7) is 3.51. The number of aromatic carboxylic acids is 1. The minimum atomic E-state index is -1.06. The number of carboxylic acids is 1. The molecule has 10 nitrogen and oxygen atoms in total. The Morgan fingerprint density at radius 3 is 2.67 bits per heavy atom. The fourth-order valence-electron chi connectivity index (χ4n) is 5.04. The molecule has 2 aliphatic heterocycles.